The molecular formula is C27H22N4O5. The van der Waals surface area contributed by atoms with Gasteiger partial charge < -0.3 is 14.8 Å². The third-order valence-corrected chi connectivity index (χ3v) is 5.67. The van der Waals surface area contributed by atoms with E-state index in [0.717, 1.165) is 11.1 Å². The molecule has 9 nitrogen and oxygen atoms in total. The first-order chi connectivity index (χ1) is 17.5. The Labute approximate surface area is 206 Å². The highest BCUT2D eigenvalue weighted by Gasteiger charge is 2.18. The second-order valence-electron chi connectivity index (χ2n) is 8.19. The van der Waals surface area contributed by atoms with Crippen LogP contribution in [0.2, 0.25) is 0 Å². The zero-order valence-electron chi connectivity index (χ0n) is 19.3. The van der Waals surface area contributed by atoms with Gasteiger partial charge in [-0.1, -0.05) is 48.0 Å². The maximum atomic E-state index is 13.0. The molecule has 3 amide bonds. The summed E-state index contributed by atoms with van der Waals surface area (Å²) in [5, 5.41) is 3.16. The molecule has 2 heterocycles. The number of fused-ring (bicyclic) bond motifs is 2. The molecular weight excluding hydrogens is 460 g/mol. The van der Waals surface area contributed by atoms with Gasteiger partial charge in [0.25, 0.3) is 17.7 Å². The SMILES string of the molecule is Cc1ccc(-c2cc(C(=O)NNC(=O)CNC(=O)c3ccc4c(c3)OCO4)c3ccccc3n2)cc1. The quantitative estimate of drug-likeness (QED) is 0.376. The molecule has 0 saturated carbocycles. The van der Waals surface area contributed by atoms with E-state index in [9.17, 15) is 14.4 Å². The Kier molecular flexibility index (Phi) is 6.19. The van der Waals surface area contributed by atoms with E-state index in [1.165, 1.54) is 6.07 Å². The van der Waals surface area contributed by atoms with Gasteiger partial charge in [-0.15, -0.1) is 0 Å². The van der Waals surface area contributed by atoms with Crippen LogP contribution in [0.3, 0.4) is 0 Å². The van der Waals surface area contributed by atoms with Crippen LogP contribution in [0.1, 0.15) is 26.3 Å². The van der Waals surface area contributed by atoms with E-state index in [1.807, 2.05) is 49.4 Å². The normalized spacial score (nSPS) is 11.7. The number of benzene rings is 3. The molecule has 0 fully saturated rings. The number of aromatic nitrogens is 1. The van der Waals surface area contributed by atoms with Gasteiger partial charge in [-0.05, 0) is 37.3 Å². The first kappa shape index (κ1) is 22.9. The van der Waals surface area contributed by atoms with E-state index < -0.39 is 17.7 Å². The first-order valence-electron chi connectivity index (χ1n) is 11.2. The number of nitrogens with zero attached hydrogens (tertiary/aromatic N) is 1. The van der Waals surface area contributed by atoms with Crippen LogP contribution in [0.15, 0.2) is 72.8 Å². The van der Waals surface area contributed by atoms with Crippen molar-refractivity contribution in [3.05, 3.63) is 89.5 Å². The van der Waals surface area contributed by atoms with Crippen molar-refractivity contribution >= 4 is 28.6 Å². The summed E-state index contributed by atoms with van der Waals surface area (Å²) in [4.78, 5) is 42.3. The van der Waals surface area contributed by atoms with Crippen molar-refractivity contribution in [3.8, 4) is 22.8 Å². The molecule has 1 aliphatic rings. The Hall–Kier alpha value is -4.92. The second kappa shape index (κ2) is 9.75. The summed E-state index contributed by atoms with van der Waals surface area (Å²) in [5.74, 6) is -0.528. The molecule has 180 valence electrons. The number of rotatable bonds is 5. The van der Waals surface area contributed by atoms with E-state index in [-0.39, 0.29) is 13.3 Å². The lowest BCUT2D eigenvalue weighted by molar-refractivity contribution is -0.120. The highest BCUT2D eigenvalue weighted by Crippen LogP contribution is 2.32. The van der Waals surface area contributed by atoms with Crippen LogP contribution in [0.5, 0.6) is 11.5 Å². The largest absolute Gasteiger partial charge is 0.454 e. The topological polar surface area (TPSA) is 119 Å². The lowest BCUT2D eigenvalue weighted by Gasteiger charge is -2.12. The molecule has 1 aliphatic heterocycles. The Morgan fingerprint density at radius 2 is 1.64 bits per heavy atom. The van der Waals surface area contributed by atoms with Gasteiger partial charge >= 0.3 is 0 Å². The van der Waals surface area contributed by atoms with Gasteiger partial charge in [-0.2, -0.15) is 0 Å². The van der Waals surface area contributed by atoms with Crippen molar-refractivity contribution in [1.82, 2.24) is 21.2 Å². The Morgan fingerprint density at radius 3 is 2.47 bits per heavy atom. The highest BCUT2D eigenvalue weighted by molar-refractivity contribution is 6.07. The van der Waals surface area contributed by atoms with Crippen LogP contribution in [0.25, 0.3) is 22.2 Å². The number of hydrogen-bond donors (Lipinski definition) is 3. The molecule has 5 rings (SSSR count). The molecule has 0 aliphatic carbocycles. The van der Waals surface area contributed by atoms with E-state index in [1.54, 1.807) is 24.3 Å². The number of para-hydroxylation sites is 1. The van der Waals surface area contributed by atoms with Gasteiger partial charge in [0.15, 0.2) is 11.5 Å². The minimum Gasteiger partial charge on any atom is -0.454 e. The maximum absolute atomic E-state index is 13.0. The van der Waals surface area contributed by atoms with Crippen LogP contribution >= 0.6 is 0 Å². The van der Waals surface area contributed by atoms with Crippen molar-refractivity contribution < 1.29 is 23.9 Å². The van der Waals surface area contributed by atoms with E-state index in [4.69, 9.17) is 9.47 Å². The smallest absolute Gasteiger partial charge is 0.270 e. The van der Waals surface area contributed by atoms with Crippen LogP contribution < -0.4 is 25.6 Å². The molecule has 0 bridgehead atoms. The van der Waals surface area contributed by atoms with Crippen LogP contribution in [0, 0.1) is 6.92 Å². The summed E-state index contributed by atoms with van der Waals surface area (Å²) in [6.07, 6.45) is 0. The number of ether oxygens (including phenoxy) is 2. The summed E-state index contributed by atoms with van der Waals surface area (Å²) in [5.41, 5.74) is 8.73. The summed E-state index contributed by atoms with van der Waals surface area (Å²) in [7, 11) is 0. The van der Waals surface area contributed by atoms with E-state index in [0.29, 0.717) is 39.2 Å². The average Bonchev–Trinajstić information content (AvgIpc) is 3.38. The third-order valence-electron chi connectivity index (χ3n) is 5.67. The number of hydrogen-bond acceptors (Lipinski definition) is 6. The highest BCUT2D eigenvalue weighted by atomic mass is 16.7. The number of carbonyl (C=O) groups excluding carboxylic acids is 3. The molecule has 0 atom stereocenters. The van der Waals surface area contributed by atoms with Crippen LogP contribution in [0.4, 0.5) is 0 Å². The van der Waals surface area contributed by atoms with Gasteiger partial charge in [-0.25, -0.2) is 4.98 Å². The fourth-order valence-corrected chi connectivity index (χ4v) is 3.77. The monoisotopic (exact) mass is 482 g/mol. The van der Waals surface area contributed by atoms with Crippen molar-refractivity contribution in [2.75, 3.05) is 13.3 Å². The fraction of sp³-hybridized carbons (Fsp3) is 0.111. The zero-order chi connectivity index (χ0) is 25.1. The summed E-state index contributed by atoms with van der Waals surface area (Å²) in [6, 6.07) is 21.6. The molecule has 1 aromatic heterocycles. The molecule has 0 saturated heterocycles. The van der Waals surface area contributed by atoms with Crippen molar-refractivity contribution in [1.29, 1.82) is 0 Å². The van der Waals surface area contributed by atoms with Crippen molar-refractivity contribution in [2.24, 2.45) is 0 Å². The number of aryl methyl sites for hydroxylation is 1. The minimum absolute atomic E-state index is 0.0990. The molecule has 9 heteroatoms. The lowest BCUT2D eigenvalue weighted by Crippen LogP contribution is -2.46. The molecule has 3 aromatic carbocycles. The Morgan fingerprint density at radius 1 is 0.861 bits per heavy atom. The molecule has 36 heavy (non-hydrogen) atoms. The van der Waals surface area contributed by atoms with E-state index >= 15 is 0 Å². The van der Waals surface area contributed by atoms with Crippen molar-refractivity contribution in [3.63, 3.8) is 0 Å². The summed E-state index contributed by atoms with van der Waals surface area (Å²) in [6.45, 7) is 1.76. The average molecular weight is 482 g/mol. The summed E-state index contributed by atoms with van der Waals surface area (Å²) < 4.78 is 10.5. The predicted molar refractivity (Wildman–Crippen MR) is 132 cm³/mol. The number of carbonyl (C=O) groups is 3. The Balaban J connectivity index is 1.25. The molecule has 4 aromatic rings. The molecule has 0 unspecified atom stereocenters. The number of pyridine rings is 1. The van der Waals surface area contributed by atoms with Crippen molar-refractivity contribution in [2.45, 2.75) is 6.92 Å². The maximum Gasteiger partial charge on any atom is 0.270 e. The lowest BCUT2D eigenvalue weighted by atomic mass is 10.0. The summed E-state index contributed by atoms with van der Waals surface area (Å²) >= 11 is 0. The zero-order valence-corrected chi connectivity index (χ0v) is 19.3. The second-order valence-corrected chi connectivity index (χ2v) is 8.19. The van der Waals surface area contributed by atoms with Gasteiger partial charge in [0.2, 0.25) is 6.79 Å². The Bertz CT molecular complexity index is 1480. The molecule has 0 spiro atoms. The first-order valence-corrected chi connectivity index (χ1v) is 11.2. The van der Waals surface area contributed by atoms with Crippen LogP contribution in [-0.4, -0.2) is 36.0 Å². The van der Waals surface area contributed by atoms with Crippen LogP contribution in [-0.2, 0) is 4.79 Å². The van der Waals surface area contributed by atoms with Gasteiger partial charge in [0.05, 0.1) is 23.3 Å². The molecule has 3 N–H and O–H groups in total. The predicted octanol–water partition coefficient (Wildman–Crippen LogP) is 3.13. The van der Waals surface area contributed by atoms with Gasteiger partial charge in [0.1, 0.15) is 0 Å². The number of amides is 3. The number of nitrogens with one attached hydrogen (secondary N) is 3. The third kappa shape index (κ3) is 4.80. The van der Waals surface area contributed by atoms with Gasteiger partial charge in [-0.3, -0.25) is 25.2 Å². The molecule has 0 radical (unpaired) electrons. The number of hydrazine groups is 1. The fourth-order valence-electron chi connectivity index (χ4n) is 3.77. The standard InChI is InChI=1S/C27H22N4O5/c1-16-6-8-17(9-7-16)22-13-20(19-4-2-3-5-21(19)29-22)27(34)31-30-25(32)14-28-26(33)18-10-11-23-24(12-18)36-15-35-23/h2-13H,14-15H2,1H3,(H,28,33)(H,30,32)(H,31,34). The van der Waals surface area contributed by atoms with Gasteiger partial charge in [0, 0.05) is 16.5 Å². The minimum atomic E-state index is -0.588. The van der Waals surface area contributed by atoms with E-state index in [2.05, 4.69) is 21.2 Å².